The molecule has 4 fully saturated rings. The lowest BCUT2D eigenvalue weighted by Gasteiger charge is -2.31. The Hall–Kier alpha value is -5.73. The van der Waals surface area contributed by atoms with Gasteiger partial charge in [-0.2, -0.15) is 0 Å². The summed E-state index contributed by atoms with van der Waals surface area (Å²) in [6.45, 7) is 13.4. The highest BCUT2D eigenvalue weighted by atomic mass is 16.7. The maximum absolute atomic E-state index is 12.6. The van der Waals surface area contributed by atoms with E-state index in [1.54, 1.807) is 4.90 Å². The minimum Gasteiger partial charge on any atom is -0.454 e. The summed E-state index contributed by atoms with van der Waals surface area (Å²) in [5.41, 5.74) is 8.99. The van der Waals surface area contributed by atoms with Crippen molar-refractivity contribution in [2.75, 3.05) is 53.4 Å². The second-order valence-corrected chi connectivity index (χ2v) is 21.9. The van der Waals surface area contributed by atoms with Crippen molar-refractivity contribution in [1.29, 1.82) is 0 Å². The Labute approximate surface area is 437 Å². The summed E-state index contributed by atoms with van der Waals surface area (Å²) in [4.78, 5) is 14.4. The van der Waals surface area contributed by atoms with Gasteiger partial charge >= 0.3 is 6.09 Å². The van der Waals surface area contributed by atoms with E-state index in [1.807, 2.05) is 51.1 Å². The predicted molar refractivity (Wildman–Crippen MR) is 269 cm³/mol. The molecule has 12 heterocycles. The van der Waals surface area contributed by atoms with Gasteiger partial charge in [-0.15, -0.1) is 0 Å². The Bertz CT molecular complexity index is 2560. The Morgan fingerprint density at radius 3 is 1.15 bits per heavy atom. The third-order valence-electron chi connectivity index (χ3n) is 16.2. The fraction of sp³-hybridized carbons (Fsp3) is 0.561. The third kappa shape index (κ3) is 9.43. The van der Waals surface area contributed by atoms with Crippen LogP contribution in [0.3, 0.4) is 0 Å². The fourth-order valence-corrected chi connectivity index (χ4v) is 12.8. The molecule has 0 bridgehead atoms. The Morgan fingerprint density at radius 1 is 0.467 bits per heavy atom. The minimum atomic E-state index is -0.503. The summed E-state index contributed by atoms with van der Waals surface area (Å²) in [5, 5.41) is 10.5. The highest BCUT2D eigenvalue weighted by Gasteiger charge is 2.45. The van der Waals surface area contributed by atoms with Crippen LogP contribution in [-0.2, 0) is 50.1 Å². The summed E-state index contributed by atoms with van der Waals surface area (Å²) in [5.74, 6) is 6.81. The standard InChI is InChI=1S/C18H23NO5.3C13H15NO3/c1-18(2,3)24-17(20)19-8-4-5-12(19)15-14-11(9-21-15)6-7-13-16(14)23-10-22-13;3*1-2-9(14-5-1)12-11-8(6-15-12)3-4-10-13(11)17-7-16-10/h6-7,12,15H,4-5,8-10H2,1-3H3;3*3-4,9,12,14H,1-2,5-7H2/t12-,15?;9-,12?;9-,12+;9-,12-/m0000/s1. The topological polar surface area (TPSA) is 176 Å². The molecule has 3 N–H and O–H groups in total. The minimum absolute atomic E-state index is 0.0307. The largest absolute Gasteiger partial charge is 0.454 e. The van der Waals surface area contributed by atoms with Crippen LogP contribution in [0.2, 0.25) is 0 Å². The van der Waals surface area contributed by atoms with Gasteiger partial charge in [0.05, 0.1) is 32.5 Å². The molecule has 16 rings (SSSR count). The lowest BCUT2D eigenvalue weighted by molar-refractivity contribution is -0.0157. The molecule has 4 saturated heterocycles. The second-order valence-electron chi connectivity index (χ2n) is 21.9. The maximum atomic E-state index is 12.6. The highest BCUT2D eigenvalue weighted by molar-refractivity contribution is 5.69. The smallest absolute Gasteiger partial charge is 0.410 e. The molecule has 0 radical (unpaired) electrons. The zero-order chi connectivity index (χ0) is 50.6. The number of carbonyl (C=O) groups is 1. The van der Waals surface area contributed by atoms with E-state index in [0.29, 0.717) is 71.5 Å². The normalized spacial score (nSPS) is 28.2. The van der Waals surface area contributed by atoms with Crippen LogP contribution in [0.15, 0.2) is 48.5 Å². The first-order chi connectivity index (χ1) is 36.7. The van der Waals surface area contributed by atoms with E-state index in [4.69, 9.17) is 61.6 Å². The quantitative estimate of drug-likeness (QED) is 0.177. The van der Waals surface area contributed by atoms with Crippen molar-refractivity contribution in [2.45, 2.75) is 153 Å². The molecule has 0 spiro atoms. The SMILES string of the molecule is CC(C)(C)OC(=O)N1CCC[C@H]1C1OCc2ccc3c(c21)OCO3.c1cc2c(c3c1COC3[C@@H]1CCCN1)OCO2.c1cc2c(c3c1CO[C@@H]3[C@@H]1CCCN1)OCO2.c1cc2c(c3c1CO[C@H]3[C@@H]1CCCN1)OCO2. The molecule has 12 aliphatic rings. The summed E-state index contributed by atoms with van der Waals surface area (Å²) in [7, 11) is 0. The zero-order valence-corrected chi connectivity index (χ0v) is 43.0. The molecule has 0 aromatic heterocycles. The van der Waals surface area contributed by atoms with Gasteiger partial charge in [-0.25, -0.2) is 4.79 Å². The average molecular weight is 1030 g/mol. The van der Waals surface area contributed by atoms with Crippen LogP contribution in [0.25, 0.3) is 0 Å². The fourth-order valence-electron chi connectivity index (χ4n) is 12.8. The summed E-state index contributed by atoms with van der Waals surface area (Å²) < 4.78 is 73.7. The molecule has 0 aliphatic carbocycles. The van der Waals surface area contributed by atoms with Crippen LogP contribution in [0, 0.1) is 0 Å². The predicted octanol–water partition coefficient (Wildman–Crippen LogP) is 8.60. The van der Waals surface area contributed by atoms with Crippen molar-refractivity contribution in [1.82, 2.24) is 20.9 Å². The summed E-state index contributed by atoms with van der Waals surface area (Å²) >= 11 is 0. The van der Waals surface area contributed by atoms with E-state index in [9.17, 15) is 4.79 Å². The number of rotatable bonds is 4. The monoisotopic (exact) mass is 1030 g/mol. The molecular formula is C57H68N4O14. The molecule has 12 aliphatic heterocycles. The van der Waals surface area contributed by atoms with E-state index < -0.39 is 5.60 Å². The maximum Gasteiger partial charge on any atom is 0.410 e. The molecule has 0 saturated carbocycles. The van der Waals surface area contributed by atoms with Crippen LogP contribution >= 0.6 is 0 Å². The third-order valence-corrected chi connectivity index (χ3v) is 16.2. The molecule has 400 valence electrons. The van der Waals surface area contributed by atoms with Crippen molar-refractivity contribution < 1.29 is 66.4 Å². The molecule has 18 heteroatoms. The number of fused-ring (bicyclic) bond motifs is 12. The molecule has 4 aromatic carbocycles. The molecule has 8 atom stereocenters. The van der Waals surface area contributed by atoms with Crippen LogP contribution < -0.4 is 53.8 Å². The molecule has 1 amide bonds. The van der Waals surface area contributed by atoms with Gasteiger partial charge in [-0.3, -0.25) is 0 Å². The van der Waals surface area contributed by atoms with Crippen molar-refractivity contribution in [3.8, 4) is 46.0 Å². The summed E-state index contributed by atoms with van der Waals surface area (Å²) in [6.07, 6.45) is 8.98. The van der Waals surface area contributed by atoms with E-state index in [2.05, 4.69) is 34.1 Å². The lowest BCUT2D eigenvalue weighted by Crippen LogP contribution is -2.42. The van der Waals surface area contributed by atoms with Crippen molar-refractivity contribution in [2.24, 2.45) is 0 Å². The molecule has 4 aromatic rings. The molecule has 75 heavy (non-hydrogen) atoms. The summed E-state index contributed by atoms with van der Waals surface area (Å²) in [6, 6.07) is 17.4. The van der Waals surface area contributed by atoms with Crippen molar-refractivity contribution in [3.05, 3.63) is 93.0 Å². The number of carbonyl (C=O) groups excluding carboxylic acids is 1. The highest BCUT2D eigenvalue weighted by Crippen LogP contribution is 2.52. The Morgan fingerprint density at radius 2 is 0.813 bits per heavy atom. The number of hydrogen-bond acceptors (Lipinski definition) is 17. The molecule has 2 unspecified atom stereocenters. The Balaban J connectivity index is 0.0000000972. The number of nitrogens with one attached hydrogen (secondary N) is 3. The van der Waals surface area contributed by atoms with Crippen LogP contribution in [0.4, 0.5) is 4.79 Å². The number of benzene rings is 4. The average Bonchev–Trinajstić information content (AvgIpc) is 4.27. The first-order valence-corrected chi connectivity index (χ1v) is 27.1. The number of likely N-dealkylation sites (tertiary alicyclic amines) is 1. The van der Waals surface area contributed by atoms with Gasteiger partial charge in [0.2, 0.25) is 27.2 Å². The van der Waals surface area contributed by atoms with Gasteiger partial charge in [-0.05, 0) is 138 Å². The van der Waals surface area contributed by atoms with Gasteiger partial charge in [0.25, 0.3) is 0 Å². The first-order valence-electron chi connectivity index (χ1n) is 27.1. The molecular weight excluding hydrogens is 965 g/mol. The second kappa shape index (κ2) is 20.7. The van der Waals surface area contributed by atoms with Crippen LogP contribution in [0.1, 0.15) is 141 Å². The van der Waals surface area contributed by atoms with Gasteiger partial charge < -0.3 is 82.4 Å². The van der Waals surface area contributed by atoms with E-state index in [1.165, 1.54) is 71.9 Å². The van der Waals surface area contributed by atoms with Crippen molar-refractivity contribution in [3.63, 3.8) is 0 Å². The number of hydrogen-bond donors (Lipinski definition) is 3. The van der Waals surface area contributed by atoms with Crippen molar-refractivity contribution >= 4 is 6.09 Å². The van der Waals surface area contributed by atoms with Gasteiger partial charge in [0.15, 0.2) is 46.0 Å². The van der Waals surface area contributed by atoms with E-state index in [0.717, 1.165) is 89.6 Å². The molecule has 18 nitrogen and oxygen atoms in total. The number of nitrogens with zero attached hydrogens (tertiary/aromatic N) is 1. The van der Waals surface area contributed by atoms with Gasteiger partial charge in [0, 0.05) is 46.9 Å². The first kappa shape index (κ1) is 48.9. The van der Waals surface area contributed by atoms with E-state index in [-0.39, 0.29) is 43.3 Å². The number of amides is 1. The lowest BCUT2D eigenvalue weighted by atomic mass is 9.97. The number of ether oxygens (including phenoxy) is 13. The van der Waals surface area contributed by atoms with Crippen LogP contribution in [0.5, 0.6) is 46.0 Å². The zero-order valence-electron chi connectivity index (χ0n) is 43.0. The Kier molecular flexibility index (Phi) is 13.5. The van der Waals surface area contributed by atoms with Crippen LogP contribution in [-0.4, -0.2) is 94.1 Å². The van der Waals surface area contributed by atoms with Gasteiger partial charge in [-0.1, -0.05) is 24.3 Å². The van der Waals surface area contributed by atoms with Gasteiger partial charge in [0.1, 0.15) is 30.0 Å². The van der Waals surface area contributed by atoms with E-state index >= 15 is 0 Å².